The minimum atomic E-state index is -0.705. The number of carbonyl (C=O) groups is 2. The van der Waals surface area contributed by atoms with Gasteiger partial charge >= 0.3 is 0 Å². The molecule has 1 heterocycles. The van der Waals surface area contributed by atoms with Crippen LogP contribution in [0.5, 0.6) is 0 Å². The SMILES string of the molecule is Cc1ccc(N2C(=O)C(Cc3ccc(F)cc3)S/C2=C(/C#N)C(=O)Nc2ccc(F)cc2)cc1. The van der Waals surface area contributed by atoms with Crippen LogP contribution < -0.4 is 10.2 Å². The number of nitrogens with one attached hydrogen (secondary N) is 1. The normalized spacial score (nSPS) is 16.8. The lowest BCUT2D eigenvalue weighted by molar-refractivity contribution is -0.117. The van der Waals surface area contributed by atoms with Gasteiger partial charge in [0.25, 0.3) is 5.91 Å². The number of thioether (sulfide) groups is 1. The van der Waals surface area contributed by atoms with Gasteiger partial charge in [-0.25, -0.2) is 8.78 Å². The summed E-state index contributed by atoms with van der Waals surface area (Å²) in [7, 11) is 0. The van der Waals surface area contributed by atoms with E-state index in [-0.39, 0.29) is 22.3 Å². The van der Waals surface area contributed by atoms with Crippen LogP contribution in [0.3, 0.4) is 0 Å². The molecule has 1 unspecified atom stereocenters. The fourth-order valence-electron chi connectivity index (χ4n) is 3.48. The van der Waals surface area contributed by atoms with E-state index in [1.54, 1.807) is 24.3 Å². The number of nitriles is 1. The van der Waals surface area contributed by atoms with E-state index in [0.29, 0.717) is 17.8 Å². The summed E-state index contributed by atoms with van der Waals surface area (Å²) in [5.74, 6) is -1.82. The Hall–Kier alpha value is -3.96. The van der Waals surface area contributed by atoms with Crippen molar-refractivity contribution < 1.29 is 18.4 Å². The summed E-state index contributed by atoms with van der Waals surface area (Å²) in [6, 6.07) is 20.1. The maximum absolute atomic E-state index is 13.4. The summed E-state index contributed by atoms with van der Waals surface area (Å²) in [5.41, 5.74) is 2.36. The topological polar surface area (TPSA) is 73.2 Å². The van der Waals surface area contributed by atoms with Gasteiger partial charge in [-0.1, -0.05) is 41.6 Å². The Labute approximate surface area is 199 Å². The molecule has 0 aromatic heterocycles. The second-order valence-electron chi connectivity index (χ2n) is 7.70. The molecule has 3 aromatic rings. The standard InChI is InChI=1S/C26H19F2N3O2S/c1-16-2-12-21(13-3-16)31-25(33)23(14-17-4-6-18(27)7-5-17)34-26(31)22(15-29)24(32)30-20-10-8-19(28)9-11-20/h2-13,23H,14H2,1H3,(H,30,32)/b26-22-. The van der Waals surface area contributed by atoms with Gasteiger partial charge in [0.05, 0.1) is 5.25 Å². The van der Waals surface area contributed by atoms with Crippen LogP contribution in [-0.4, -0.2) is 17.1 Å². The van der Waals surface area contributed by atoms with Crippen molar-refractivity contribution in [3.8, 4) is 6.07 Å². The molecule has 1 aliphatic rings. The third-order valence-electron chi connectivity index (χ3n) is 5.23. The first-order valence-electron chi connectivity index (χ1n) is 10.4. The molecule has 0 aliphatic carbocycles. The molecule has 1 aliphatic heterocycles. The highest BCUT2D eigenvalue weighted by Crippen LogP contribution is 2.42. The lowest BCUT2D eigenvalue weighted by atomic mass is 10.1. The first-order chi connectivity index (χ1) is 16.4. The third-order valence-corrected chi connectivity index (χ3v) is 6.50. The first-order valence-corrected chi connectivity index (χ1v) is 11.3. The van der Waals surface area contributed by atoms with Gasteiger partial charge in [0.15, 0.2) is 0 Å². The summed E-state index contributed by atoms with van der Waals surface area (Å²) in [4.78, 5) is 27.8. The van der Waals surface area contributed by atoms with Gasteiger partial charge in [-0.05, 0) is 67.4 Å². The minimum Gasteiger partial charge on any atom is -0.321 e. The monoisotopic (exact) mass is 475 g/mol. The smallest absolute Gasteiger partial charge is 0.269 e. The fourth-order valence-corrected chi connectivity index (χ4v) is 4.79. The zero-order chi connectivity index (χ0) is 24.2. The van der Waals surface area contributed by atoms with Crippen molar-refractivity contribution in [3.05, 3.63) is 106 Å². The summed E-state index contributed by atoms with van der Waals surface area (Å²) in [6.45, 7) is 1.91. The second-order valence-corrected chi connectivity index (χ2v) is 8.89. The highest BCUT2D eigenvalue weighted by molar-refractivity contribution is 8.05. The highest BCUT2D eigenvalue weighted by atomic mass is 32.2. The number of benzene rings is 3. The Kier molecular flexibility index (Phi) is 6.75. The summed E-state index contributed by atoms with van der Waals surface area (Å²) in [6.07, 6.45) is 0.300. The molecular formula is C26H19F2N3O2S. The van der Waals surface area contributed by atoms with Gasteiger partial charge in [-0.2, -0.15) is 5.26 Å². The molecule has 4 rings (SSSR count). The number of carbonyl (C=O) groups excluding carboxylic acids is 2. The lowest BCUT2D eigenvalue weighted by Gasteiger charge is -2.19. The Morgan fingerprint density at radius 2 is 1.59 bits per heavy atom. The van der Waals surface area contributed by atoms with Crippen LogP contribution in [0.1, 0.15) is 11.1 Å². The number of halogens is 2. The van der Waals surface area contributed by atoms with Crippen LogP contribution >= 0.6 is 11.8 Å². The van der Waals surface area contributed by atoms with Gasteiger partial charge in [0.2, 0.25) is 5.91 Å². The molecule has 1 saturated heterocycles. The third kappa shape index (κ3) is 5.00. The number of rotatable bonds is 5. The molecule has 5 nitrogen and oxygen atoms in total. The summed E-state index contributed by atoms with van der Waals surface area (Å²) < 4.78 is 26.5. The molecule has 1 N–H and O–H groups in total. The zero-order valence-electron chi connectivity index (χ0n) is 18.1. The van der Waals surface area contributed by atoms with E-state index in [4.69, 9.17) is 0 Å². The Morgan fingerprint density at radius 1 is 1.00 bits per heavy atom. The van der Waals surface area contributed by atoms with Crippen molar-refractivity contribution in [2.24, 2.45) is 0 Å². The van der Waals surface area contributed by atoms with E-state index >= 15 is 0 Å². The maximum Gasteiger partial charge on any atom is 0.269 e. The van der Waals surface area contributed by atoms with Gasteiger partial charge in [0.1, 0.15) is 28.3 Å². The van der Waals surface area contributed by atoms with Crippen LogP contribution in [0.4, 0.5) is 20.2 Å². The van der Waals surface area contributed by atoms with Crippen molar-refractivity contribution in [2.45, 2.75) is 18.6 Å². The van der Waals surface area contributed by atoms with Crippen LogP contribution in [0.15, 0.2) is 83.4 Å². The van der Waals surface area contributed by atoms with Crippen LogP contribution in [0.2, 0.25) is 0 Å². The van der Waals surface area contributed by atoms with Crippen molar-refractivity contribution in [1.82, 2.24) is 0 Å². The molecule has 34 heavy (non-hydrogen) atoms. The van der Waals surface area contributed by atoms with Crippen molar-refractivity contribution in [3.63, 3.8) is 0 Å². The van der Waals surface area contributed by atoms with Gasteiger partial charge in [-0.3, -0.25) is 14.5 Å². The van der Waals surface area contributed by atoms with Gasteiger partial charge in [-0.15, -0.1) is 0 Å². The Morgan fingerprint density at radius 3 is 2.18 bits per heavy atom. The highest BCUT2D eigenvalue weighted by Gasteiger charge is 2.40. The zero-order valence-corrected chi connectivity index (χ0v) is 18.9. The van der Waals surface area contributed by atoms with E-state index in [1.165, 1.54) is 41.3 Å². The minimum absolute atomic E-state index is 0.211. The van der Waals surface area contributed by atoms with E-state index in [0.717, 1.165) is 22.9 Å². The molecule has 1 atom stereocenters. The van der Waals surface area contributed by atoms with E-state index in [2.05, 4.69) is 5.32 Å². The molecule has 170 valence electrons. The second kappa shape index (κ2) is 9.89. The maximum atomic E-state index is 13.4. The van der Waals surface area contributed by atoms with E-state index in [9.17, 15) is 23.6 Å². The van der Waals surface area contributed by atoms with Crippen LogP contribution in [-0.2, 0) is 16.0 Å². The number of anilines is 2. The molecule has 0 bridgehead atoms. The molecule has 0 saturated carbocycles. The lowest BCUT2D eigenvalue weighted by Crippen LogP contribution is -2.30. The number of aryl methyl sites for hydroxylation is 1. The van der Waals surface area contributed by atoms with Crippen LogP contribution in [0, 0.1) is 29.9 Å². The van der Waals surface area contributed by atoms with E-state index in [1.807, 2.05) is 25.1 Å². The average Bonchev–Trinajstić information content (AvgIpc) is 3.13. The number of amides is 2. The molecule has 0 spiro atoms. The largest absolute Gasteiger partial charge is 0.321 e. The summed E-state index contributed by atoms with van der Waals surface area (Å²) >= 11 is 1.12. The van der Waals surface area contributed by atoms with E-state index < -0.39 is 17.0 Å². The van der Waals surface area contributed by atoms with Crippen LogP contribution in [0.25, 0.3) is 0 Å². The fraction of sp³-hybridized carbons (Fsp3) is 0.115. The van der Waals surface area contributed by atoms with Gasteiger partial charge < -0.3 is 5.32 Å². The number of nitrogens with zero attached hydrogens (tertiary/aromatic N) is 2. The average molecular weight is 476 g/mol. The number of hydrogen-bond donors (Lipinski definition) is 1. The molecule has 0 radical (unpaired) electrons. The Balaban J connectivity index is 1.71. The molecule has 1 fully saturated rings. The number of hydrogen-bond acceptors (Lipinski definition) is 4. The molecular weight excluding hydrogens is 456 g/mol. The first kappa shape index (κ1) is 23.2. The molecule has 8 heteroatoms. The van der Waals surface area contributed by atoms with Crippen molar-refractivity contribution in [2.75, 3.05) is 10.2 Å². The summed E-state index contributed by atoms with van der Waals surface area (Å²) in [5, 5.41) is 12.0. The predicted molar refractivity (Wildman–Crippen MR) is 128 cm³/mol. The molecule has 3 aromatic carbocycles. The quantitative estimate of drug-likeness (QED) is 0.400. The van der Waals surface area contributed by atoms with Crippen molar-refractivity contribution >= 4 is 35.0 Å². The van der Waals surface area contributed by atoms with Gasteiger partial charge in [0, 0.05) is 11.4 Å². The predicted octanol–water partition coefficient (Wildman–Crippen LogP) is 5.34. The van der Waals surface area contributed by atoms with Crippen molar-refractivity contribution in [1.29, 1.82) is 5.26 Å². The molecule has 2 amide bonds. The Bertz CT molecular complexity index is 1300.